The highest BCUT2D eigenvalue weighted by molar-refractivity contribution is 8.01. The van der Waals surface area contributed by atoms with E-state index in [0.29, 0.717) is 13.0 Å². The zero-order valence-corrected chi connectivity index (χ0v) is 7.52. The molecule has 1 aliphatic heterocycles. The van der Waals surface area contributed by atoms with Crippen LogP contribution in [0.1, 0.15) is 6.42 Å². The number of Topliss-reactive ketones (excluding diaryl/α,β-unsaturated/α-hetero) is 1. The van der Waals surface area contributed by atoms with E-state index in [0.717, 1.165) is 0 Å². The van der Waals surface area contributed by atoms with E-state index >= 15 is 0 Å². The summed E-state index contributed by atoms with van der Waals surface area (Å²) in [5.41, 5.74) is -0.254. The van der Waals surface area contributed by atoms with Gasteiger partial charge in [0.1, 0.15) is 0 Å². The first-order valence-corrected chi connectivity index (χ1v) is 4.42. The number of thioether (sulfide) groups is 1. The van der Waals surface area contributed by atoms with Crippen molar-refractivity contribution >= 4 is 17.5 Å². The van der Waals surface area contributed by atoms with Gasteiger partial charge in [-0.25, -0.2) is 0 Å². The minimum absolute atomic E-state index is 0.180. The molecule has 0 bridgehead atoms. The highest BCUT2D eigenvalue weighted by Crippen LogP contribution is 2.31. The average Bonchev–Trinajstić information content (AvgIpc) is 2.32. The van der Waals surface area contributed by atoms with Crippen LogP contribution in [0.2, 0.25) is 0 Å². The summed E-state index contributed by atoms with van der Waals surface area (Å²) in [6.07, 6.45) is 0.580. The maximum Gasteiger partial charge on any atom is 0.173 e. The SMILES string of the molecule is COCC1CC(=O)C(OC)S1. The first-order chi connectivity index (χ1) is 5.27. The molecule has 0 amide bonds. The molecule has 0 aromatic rings. The van der Waals surface area contributed by atoms with E-state index in [2.05, 4.69) is 0 Å². The number of hydrogen-bond acceptors (Lipinski definition) is 4. The van der Waals surface area contributed by atoms with E-state index in [-0.39, 0.29) is 16.5 Å². The fraction of sp³-hybridized carbons (Fsp3) is 0.857. The number of ether oxygens (including phenoxy) is 2. The second-order valence-electron chi connectivity index (χ2n) is 2.45. The van der Waals surface area contributed by atoms with Crippen molar-refractivity contribution in [2.75, 3.05) is 20.8 Å². The van der Waals surface area contributed by atoms with Crippen LogP contribution in [-0.2, 0) is 14.3 Å². The lowest BCUT2D eigenvalue weighted by molar-refractivity contribution is -0.123. The minimum Gasteiger partial charge on any atom is -0.384 e. The number of ketones is 1. The van der Waals surface area contributed by atoms with Crippen LogP contribution >= 0.6 is 11.8 Å². The van der Waals surface area contributed by atoms with Crippen molar-refractivity contribution in [2.24, 2.45) is 0 Å². The molecule has 3 nitrogen and oxygen atoms in total. The third kappa shape index (κ3) is 2.18. The number of hydrogen-bond donors (Lipinski definition) is 0. The van der Waals surface area contributed by atoms with Crippen LogP contribution in [0.4, 0.5) is 0 Å². The zero-order valence-electron chi connectivity index (χ0n) is 6.70. The van der Waals surface area contributed by atoms with Gasteiger partial charge < -0.3 is 9.47 Å². The number of carbonyl (C=O) groups is 1. The van der Waals surface area contributed by atoms with Crippen LogP contribution in [0.5, 0.6) is 0 Å². The molecule has 2 unspecified atom stereocenters. The van der Waals surface area contributed by atoms with Gasteiger partial charge in [-0.3, -0.25) is 4.79 Å². The van der Waals surface area contributed by atoms with Crippen LogP contribution in [0.3, 0.4) is 0 Å². The monoisotopic (exact) mass is 176 g/mol. The van der Waals surface area contributed by atoms with Crippen molar-refractivity contribution in [2.45, 2.75) is 17.1 Å². The summed E-state index contributed by atoms with van der Waals surface area (Å²) in [5, 5.41) is 0.289. The molecule has 1 fully saturated rings. The summed E-state index contributed by atoms with van der Waals surface area (Å²) in [4.78, 5) is 11.1. The van der Waals surface area contributed by atoms with Gasteiger partial charge in [0.2, 0.25) is 0 Å². The van der Waals surface area contributed by atoms with Crippen LogP contribution in [-0.4, -0.2) is 37.3 Å². The highest BCUT2D eigenvalue weighted by Gasteiger charge is 2.32. The van der Waals surface area contributed by atoms with Gasteiger partial charge in [-0.2, -0.15) is 0 Å². The fourth-order valence-corrected chi connectivity index (χ4v) is 2.27. The summed E-state index contributed by atoms with van der Waals surface area (Å²) in [6, 6.07) is 0. The predicted molar refractivity (Wildman–Crippen MR) is 43.7 cm³/mol. The first-order valence-electron chi connectivity index (χ1n) is 3.48. The maximum atomic E-state index is 11.1. The average molecular weight is 176 g/mol. The topological polar surface area (TPSA) is 35.5 Å². The van der Waals surface area contributed by atoms with Gasteiger partial charge in [-0.05, 0) is 0 Å². The van der Waals surface area contributed by atoms with Crippen LogP contribution < -0.4 is 0 Å². The Labute approximate surface area is 70.4 Å². The second-order valence-corrected chi connectivity index (χ2v) is 3.82. The van der Waals surface area contributed by atoms with Crippen LogP contribution in [0, 0.1) is 0 Å². The smallest absolute Gasteiger partial charge is 0.173 e. The molecule has 0 aliphatic carbocycles. The Morgan fingerprint density at radius 3 is 2.82 bits per heavy atom. The molecule has 0 N–H and O–H groups in total. The van der Waals surface area contributed by atoms with Crippen molar-refractivity contribution in [3.8, 4) is 0 Å². The quantitative estimate of drug-likeness (QED) is 0.633. The Kier molecular flexibility index (Phi) is 3.36. The second kappa shape index (κ2) is 4.09. The number of rotatable bonds is 3. The molecule has 0 radical (unpaired) electrons. The Morgan fingerprint density at radius 2 is 2.36 bits per heavy atom. The van der Waals surface area contributed by atoms with Gasteiger partial charge in [0.05, 0.1) is 6.61 Å². The van der Waals surface area contributed by atoms with Gasteiger partial charge in [-0.1, -0.05) is 0 Å². The van der Waals surface area contributed by atoms with E-state index < -0.39 is 0 Å². The van der Waals surface area contributed by atoms with E-state index in [1.54, 1.807) is 26.0 Å². The Hall–Kier alpha value is -0.0600. The van der Waals surface area contributed by atoms with Crippen molar-refractivity contribution in [3.63, 3.8) is 0 Å². The molecular weight excluding hydrogens is 164 g/mol. The predicted octanol–water partition coefficient (Wildman–Crippen LogP) is 0.680. The molecule has 1 saturated heterocycles. The summed E-state index contributed by atoms with van der Waals surface area (Å²) in [6.45, 7) is 0.635. The molecule has 0 aromatic carbocycles. The van der Waals surface area contributed by atoms with Gasteiger partial charge >= 0.3 is 0 Å². The molecule has 0 spiro atoms. The van der Waals surface area contributed by atoms with Crippen LogP contribution in [0.15, 0.2) is 0 Å². The van der Waals surface area contributed by atoms with Crippen molar-refractivity contribution in [1.29, 1.82) is 0 Å². The normalized spacial score (nSPS) is 31.3. The molecule has 64 valence electrons. The summed E-state index contributed by atoms with van der Waals surface area (Å²) < 4.78 is 9.90. The molecule has 2 atom stereocenters. The van der Waals surface area contributed by atoms with E-state index in [1.807, 2.05) is 0 Å². The van der Waals surface area contributed by atoms with Crippen molar-refractivity contribution in [1.82, 2.24) is 0 Å². The number of carbonyl (C=O) groups excluding carboxylic acids is 1. The van der Waals surface area contributed by atoms with E-state index in [1.165, 1.54) is 0 Å². The fourth-order valence-electron chi connectivity index (χ4n) is 1.09. The molecule has 1 rings (SSSR count). The maximum absolute atomic E-state index is 11.1. The molecular formula is C7H12O3S. The van der Waals surface area contributed by atoms with Gasteiger partial charge in [0, 0.05) is 25.9 Å². The largest absolute Gasteiger partial charge is 0.384 e. The standard InChI is InChI=1S/C7H12O3S/c1-9-4-5-3-6(8)7(10-2)11-5/h5,7H,3-4H2,1-2H3. The summed E-state index contributed by atoms with van der Waals surface area (Å²) in [7, 11) is 3.20. The highest BCUT2D eigenvalue weighted by atomic mass is 32.2. The Bertz CT molecular complexity index is 149. The Morgan fingerprint density at radius 1 is 1.64 bits per heavy atom. The molecule has 0 saturated carbocycles. The van der Waals surface area contributed by atoms with Gasteiger partial charge in [-0.15, -0.1) is 11.8 Å². The third-order valence-electron chi connectivity index (χ3n) is 1.57. The third-order valence-corrected chi connectivity index (χ3v) is 2.96. The van der Waals surface area contributed by atoms with E-state index in [4.69, 9.17) is 9.47 Å². The lowest BCUT2D eigenvalue weighted by Crippen LogP contribution is -2.11. The van der Waals surface area contributed by atoms with Crippen molar-refractivity contribution in [3.05, 3.63) is 0 Å². The minimum atomic E-state index is -0.254. The van der Waals surface area contributed by atoms with Crippen molar-refractivity contribution < 1.29 is 14.3 Å². The number of methoxy groups -OCH3 is 2. The molecule has 1 heterocycles. The Balaban J connectivity index is 2.36. The zero-order chi connectivity index (χ0) is 8.27. The van der Waals surface area contributed by atoms with Gasteiger partial charge in [0.25, 0.3) is 0 Å². The van der Waals surface area contributed by atoms with E-state index in [9.17, 15) is 4.79 Å². The first kappa shape index (κ1) is 9.03. The lowest BCUT2D eigenvalue weighted by atomic mass is 10.2. The van der Waals surface area contributed by atoms with Gasteiger partial charge in [0.15, 0.2) is 11.2 Å². The summed E-state index contributed by atoms with van der Waals surface area (Å²) >= 11 is 1.55. The lowest BCUT2D eigenvalue weighted by Gasteiger charge is -2.06. The van der Waals surface area contributed by atoms with Crippen LogP contribution in [0.25, 0.3) is 0 Å². The molecule has 0 aromatic heterocycles. The molecule has 1 aliphatic rings. The molecule has 11 heavy (non-hydrogen) atoms. The molecule has 4 heteroatoms. The summed E-state index contributed by atoms with van der Waals surface area (Å²) in [5.74, 6) is 0.180.